The number of aromatic nitrogens is 1. The fraction of sp³-hybridized carbons (Fsp3) is 0.353. The third kappa shape index (κ3) is 3.76. The minimum absolute atomic E-state index is 0.144. The van der Waals surface area contributed by atoms with Crippen molar-refractivity contribution in [3.05, 3.63) is 46.5 Å². The summed E-state index contributed by atoms with van der Waals surface area (Å²) in [6, 6.07) is 9.52. The van der Waals surface area contributed by atoms with Crippen LogP contribution in [0.4, 0.5) is 5.13 Å². The van der Waals surface area contributed by atoms with E-state index in [-0.39, 0.29) is 11.8 Å². The van der Waals surface area contributed by atoms with Gasteiger partial charge in [0.1, 0.15) is 0 Å². The molecule has 2 N–H and O–H groups in total. The highest BCUT2D eigenvalue weighted by atomic mass is 32.1. The Morgan fingerprint density at radius 3 is 2.83 bits per heavy atom. The molecule has 5 nitrogen and oxygen atoms in total. The fourth-order valence-electron chi connectivity index (χ4n) is 2.79. The van der Waals surface area contributed by atoms with Crippen molar-refractivity contribution < 1.29 is 9.90 Å². The van der Waals surface area contributed by atoms with E-state index in [1.54, 1.807) is 18.3 Å². The van der Waals surface area contributed by atoms with Gasteiger partial charge in [-0.25, -0.2) is 4.98 Å². The highest BCUT2D eigenvalue weighted by Gasteiger charge is 2.31. The first kappa shape index (κ1) is 15.7. The third-order valence-electron chi connectivity index (χ3n) is 4.06. The topological polar surface area (TPSA) is 86.0 Å². The van der Waals surface area contributed by atoms with Gasteiger partial charge in [0.15, 0.2) is 5.13 Å². The lowest BCUT2D eigenvalue weighted by Gasteiger charge is -2.12. The van der Waals surface area contributed by atoms with Gasteiger partial charge < -0.3 is 10.4 Å². The maximum atomic E-state index is 12.1. The minimum atomic E-state index is -0.534. The summed E-state index contributed by atoms with van der Waals surface area (Å²) >= 11 is 1.44. The lowest BCUT2D eigenvalue weighted by molar-refractivity contribution is -0.122. The number of amides is 1. The average Bonchev–Trinajstić information content (AvgIpc) is 3.17. The van der Waals surface area contributed by atoms with Crippen molar-refractivity contribution in [1.82, 2.24) is 4.98 Å². The van der Waals surface area contributed by atoms with E-state index in [9.17, 15) is 9.90 Å². The molecule has 1 heterocycles. The Bertz CT molecular complexity index is 733. The summed E-state index contributed by atoms with van der Waals surface area (Å²) in [7, 11) is 0. The average molecular weight is 327 g/mol. The number of anilines is 1. The molecule has 3 rings (SSSR count). The highest BCUT2D eigenvalue weighted by Crippen LogP contribution is 2.28. The first-order chi connectivity index (χ1) is 11.2. The number of carbonyl (C=O) groups excluding carboxylic acids is 1. The van der Waals surface area contributed by atoms with Crippen LogP contribution in [-0.4, -0.2) is 22.1 Å². The van der Waals surface area contributed by atoms with Crippen molar-refractivity contribution in [3.63, 3.8) is 0 Å². The molecule has 1 aromatic carbocycles. The van der Waals surface area contributed by atoms with Crippen LogP contribution in [0.25, 0.3) is 0 Å². The first-order valence-electron chi connectivity index (χ1n) is 7.58. The number of thiazole rings is 1. The van der Waals surface area contributed by atoms with Crippen LogP contribution in [-0.2, 0) is 11.2 Å². The lowest BCUT2D eigenvalue weighted by atomic mass is 10.1. The molecule has 2 unspecified atom stereocenters. The Balaban J connectivity index is 1.61. The second-order valence-electron chi connectivity index (χ2n) is 5.71. The highest BCUT2D eigenvalue weighted by molar-refractivity contribution is 7.15. The standard InChI is InChI=1S/C17H17N3O2S/c18-9-12-6-4-11(5-7-12)8-13-10-19-17(23-13)20-16(22)14-2-1-3-15(14)21/h4-7,10,14-15,21H,1-3,8H2,(H,19,20,22). The van der Waals surface area contributed by atoms with E-state index in [4.69, 9.17) is 5.26 Å². The Morgan fingerprint density at radius 1 is 1.39 bits per heavy atom. The number of hydrogen-bond donors (Lipinski definition) is 2. The summed E-state index contributed by atoms with van der Waals surface area (Å²) in [6.07, 6.45) is 4.25. The van der Waals surface area contributed by atoms with Crippen LogP contribution in [0, 0.1) is 17.2 Å². The molecule has 118 valence electrons. The largest absolute Gasteiger partial charge is 0.392 e. The monoisotopic (exact) mass is 327 g/mol. The maximum Gasteiger partial charge on any atom is 0.231 e. The van der Waals surface area contributed by atoms with Crippen LogP contribution in [0.3, 0.4) is 0 Å². The van der Waals surface area contributed by atoms with Gasteiger partial charge in [0.25, 0.3) is 0 Å². The summed E-state index contributed by atoms with van der Waals surface area (Å²) in [5, 5.41) is 21.9. The Labute approximate surface area is 138 Å². The number of aliphatic hydroxyl groups is 1. The quantitative estimate of drug-likeness (QED) is 0.904. The zero-order chi connectivity index (χ0) is 16.2. The van der Waals surface area contributed by atoms with E-state index in [1.807, 2.05) is 12.1 Å². The number of nitrogens with zero attached hydrogens (tertiary/aromatic N) is 2. The third-order valence-corrected chi connectivity index (χ3v) is 4.97. The van der Waals surface area contributed by atoms with Gasteiger partial charge in [-0.15, -0.1) is 11.3 Å². The number of nitriles is 1. The summed E-state index contributed by atoms with van der Waals surface area (Å²) in [6.45, 7) is 0. The van der Waals surface area contributed by atoms with Gasteiger partial charge >= 0.3 is 0 Å². The molecule has 0 radical (unpaired) electrons. The van der Waals surface area contributed by atoms with Crippen molar-refractivity contribution in [2.45, 2.75) is 31.8 Å². The van der Waals surface area contributed by atoms with E-state index in [0.717, 1.165) is 23.3 Å². The van der Waals surface area contributed by atoms with Crippen molar-refractivity contribution in [2.24, 2.45) is 5.92 Å². The van der Waals surface area contributed by atoms with Crippen molar-refractivity contribution in [2.75, 3.05) is 5.32 Å². The predicted molar refractivity (Wildman–Crippen MR) is 88.1 cm³/mol. The van der Waals surface area contributed by atoms with Crippen LogP contribution < -0.4 is 5.32 Å². The first-order valence-corrected chi connectivity index (χ1v) is 8.40. The molecule has 1 aliphatic rings. The molecule has 0 saturated heterocycles. The van der Waals surface area contributed by atoms with Crippen molar-refractivity contribution in [1.29, 1.82) is 5.26 Å². The summed E-state index contributed by atoms with van der Waals surface area (Å²) in [4.78, 5) is 17.4. The number of carbonyl (C=O) groups is 1. The molecular weight excluding hydrogens is 310 g/mol. The van der Waals surface area contributed by atoms with Gasteiger partial charge in [-0.3, -0.25) is 4.79 Å². The van der Waals surface area contributed by atoms with Gasteiger partial charge in [0, 0.05) is 17.5 Å². The van der Waals surface area contributed by atoms with E-state index in [0.29, 0.717) is 23.5 Å². The number of hydrogen-bond acceptors (Lipinski definition) is 5. The molecule has 6 heteroatoms. The molecule has 0 spiro atoms. The van der Waals surface area contributed by atoms with Crippen LogP contribution in [0.5, 0.6) is 0 Å². The Morgan fingerprint density at radius 2 is 2.17 bits per heavy atom. The summed E-state index contributed by atoms with van der Waals surface area (Å²) in [5.74, 6) is -0.463. The molecule has 2 aromatic rings. The van der Waals surface area contributed by atoms with Crippen molar-refractivity contribution in [3.8, 4) is 6.07 Å². The molecule has 1 aliphatic carbocycles. The normalized spacial score (nSPS) is 20.2. The zero-order valence-corrected chi connectivity index (χ0v) is 13.3. The molecule has 1 amide bonds. The second kappa shape index (κ2) is 6.90. The zero-order valence-electron chi connectivity index (χ0n) is 12.5. The number of benzene rings is 1. The van der Waals surface area contributed by atoms with E-state index < -0.39 is 6.10 Å². The number of nitrogens with one attached hydrogen (secondary N) is 1. The number of rotatable bonds is 4. The number of aliphatic hydroxyl groups excluding tert-OH is 1. The summed E-state index contributed by atoms with van der Waals surface area (Å²) < 4.78 is 0. The van der Waals surface area contributed by atoms with E-state index in [1.165, 1.54) is 11.3 Å². The van der Waals surface area contributed by atoms with Crippen LogP contribution in [0.1, 0.15) is 35.3 Å². The maximum absolute atomic E-state index is 12.1. The van der Waals surface area contributed by atoms with Crippen LogP contribution in [0.2, 0.25) is 0 Å². The molecule has 0 aliphatic heterocycles. The van der Waals surface area contributed by atoms with Gasteiger partial charge in [0.05, 0.1) is 23.7 Å². The molecule has 1 aromatic heterocycles. The van der Waals surface area contributed by atoms with Crippen LogP contribution in [0.15, 0.2) is 30.5 Å². The molecular formula is C17H17N3O2S. The molecule has 0 bridgehead atoms. The smallest absolute Gasteiger partial charge is 0.231 e. The van der Waals surface area contributed by atoms with Crippen molar-refractivity contribution >= 4 is 22.4 Å². The molecule has 2 atom stereocenters. The fourth-order valence-corrected chi connectivity index (χ4v) is 3.64. The van der Waals surface area contributed by atoms with Gasteiger partial charge in [-0.1, -0.05) is 12.1 Å². The SMILES string of the molecule is N#Cc1ccc(Cc2cnc(NC(=O)C3CCCC3O)s2)cc1. The Hall–Kier alpha value is -2.23. The Kier molecular flexibility index (Phi) is 4.70. The molecule has 1 saturated carbocycles. The predicted octanol–water partition coefficient (Wildman–Crippen LogP) is 2.71. The summed E-state index contributed by atoms with van der Waals surface area (Å²) in [5.41, 5.74) is 1.73. The van der Waals surface area contributed by atoms with Crippen LogP contribution >= 0.6 is 11.3 Å². The molecule has 1 fully saturated rings. The van der Waals surface area contributed by atoms with Gasteiger partial charge in [0.2, 0.25) is 5.91 Å². The molecule has 23 heavy (non-hydrogen) atoms. The van der Waals surface area contributed by atoms with E-state index >= 15 is 0 Å². The van der Waals surface area contributed by atoms with Gasteiger partial charge in [-0.05, 0) is 37.0 Å². The van der Waals surface area contributed by atoms with E-state index in [2.05, 4.69) is 16.4 Å². The van der Waals surface area contributed by atoms with Gasteiger partial charge in [-0.2, -0.15) is 5.26 Å². The second-order valence-corrected chi connectivity index (χ2v) is 6.83. The minimum Gasteiger partial charge on any atom is -0.392 e. The lowest BCUT2D eigenvalue weighted by Crippen LogP contribution is -2.28.